The van der Waals surface area contributed by atoms with Crippen molar-refractivity contribution < 1.29 is 38.4 Å². The number of ketones is 2. The third-order valence-corrected chi connectivity index (χ3v) is 8.52. The molecule has 0 saturated carbocycles. The Morgan fingerprint density at radius 1 is 0.771 bits per heavy atom. The first kappa shape index (κ1) is 42.2. The fourth-order valence-electron chi connectivity index (χ4n) is 5.45. The number of carbonyl (C=O) groups is 8. The highest BCUT2D eigenvalue weighted by atomic mass is 16.2. The van der Waals surface area contributed by atoms with E-state index in [2.05, 4.69) is 26.6 Å². The molecule has 0 aromatic heterocycles. The van der Waals surface area contributed by atoms with Crippen molar-refractivity contribution in [3.8, 4) is 0 Å². The van der Waals surface area contributed by atoms with Gasteiger partial charge < -0.3 is 36.3 Å². The number of nitrogens with zero attached hydrogens (tertiary/aromatic N) is 1. The Bertz CT molecular complexity index is 1160. The van der Waals surface area contributed by atoms with Crippen molar-refractivity contribution >= 4 is 47.0 Å². The van der Waals surface area contributed by atoms with Crippen molar-refractivity contribution in [3.63, 3.8) is 0 Å². The molecule has 5 unspecified atom stereocenters. The third kappa shape index (κ3) is 14.9. The van der Waals surface area contributed by atoms with Crippen molar-refractivity contribution in [3.05, 3.63) is 0 Å². The summed E-state index contributed by atoms with van der Waals surface area (Å²) in [5, 5.41) is 13.3. The topological polar surface area (TPSA) is 200 Å². The molecule has 0 spiro atoms. The van der Waals surface area contributed by atoms with Crippen molar-refractivity contribution in [2.45, 2.75) is 118 Å². The molecule has 0 aliphatic carbocycles. The molecule has 1 saturated heterocycles. The first-order valence-corrected chi connectivity index (χ1v) is 17.2. The Labute approximate surface area is 285 Å². The van der Waals surface area contributed by atoms with Crippen molar-refractivity contribution in [1.29, 1.82) is 0 Å². The number of amides is 6. The summed E-state index contributed by atoms with van der Waals surface area (Å²) >= 11 is 0. The lowest BCUT2D eigenvalue weighted by Gasteiger charge is -2.27. The lowest BCUT2D eigenvalue weighted by atomic mass is 9.94. The summed E-state index contributed by atoms with van der Waals surface area (Å²) in [6.07, 6.45) is 3.00. The predicted molar refractivity (Wildman–Crippen MR) is 180 cm³/mol. The van der Waals surface area contributed by atoms with Crippen LogP contribution >= 0.6 is 0 Å². The predicted octanol–water partition coefficient (Wildman–Crippen LogP) is 1.01. The molecule has 48 heavy (non-hydrogen) atoms. The van der Waals surface area contributed by atoms with Crippen LogP contribution in [0.1, 0.15) is 100 Å². The molecule has 14 heteroatoms. The molecular formula is C34H58N6O8. The van der Waals surface area contributed by atoms with Gasteiger partial charge in [-0.1, -0.05) is 48.0 Å². The van der Waals surface area contributed by atoms with Crippen molar-refractivity contribution in [2.24, 2.45) is 23.7 Å². The van der Waals surface area contributed by atoms with E-state index in [4.69, 9.17) is 0 Å². The maximum Gasteiger partial charge on any atom is 0.243 e. The van der Waals surface area contributed by atoms with E-state index in [1.807, 2.05) is 34.6 Å². The van der Waals surface area contributed by atoms with E-state index >= 15 is 0 Å². The molecule has 1 aliphatic rings. The molecule has 1 fully saturated rings. The molecule has 5 atom stereocenters. The Kier molecular flexibility index (Phi) is 18.6. The lowest BCUT2D eigenvalue weighted by molar-refractivity contribution is -0.139. The van der Waals surface area contributed by atoms with E-state index in [0.717, 1.165) is 0 Å². The van der Waals surface area contributed by atoms with Gasteiger partial charge in [0.25, 0.3) is 0 Å². The Morgan fingerprint density at radius 3 is 1.98 bits per heavy atom. The molecule has 14 nitrogen and oxygen atoms in total. The zero-order valence-electron chi connectivity index (χ0n) is 30.0. The first-order chi connectivity index (χ1) is 22.5. The minimum absolute atomic E-state index is 0.00783. The minimum Gasteiger partial charge on any atom is -0.353 e. The van der Waals surface area contributed by atoms with Gasteiger partial charge in [-0.2, -0.15) is 0 Å². The zero-order chi connectivity index (χ0) is 36.6. The zero-order valence-corrected chi connectivity index (χ0v) is 30.0. The van der Waals surface area contributed by atoms with E-state index in [9.17, 15) is 38.4 Å². The number of Topliss-reactive ketones (excluding diaryl/α,β-unsaturated/α-hetero) is 2. The largest absolute Gasteiger partial charge is 0.353 e. The summed E-state index contributed by atoms with van der Waals surface area (Å²) in [6.45, 7) is 13.8. The second kappa shape index (κ2) is 21.2. The smallest absolute Gasteiger partial charge is 0.243 e. The first-order valence-electron chi connectivity index (χ1n) is 17.2. The fraction of sp³-hybridized carbons (Fsp3) is 0.765. The summed E-state index contributed by atoms with van der Waals surface area (Å²) in [7, 11) is 0. The number of rotatable bonds is 21. The second-order valence-corrected chi connectivity index (χ2v) is 13.7. The van der Waals surface area contributed by atoms with E-state index < -0.39 is 54.2 Å². The Morgan fingerprint density at radius 2 is 1.42 bits per heavy atom. The summed E-state index contributed by atoms with van der Waals surface area (Å²) in [6, 6.07) is -2.52. The van der Waals surface area contributed by atoms with Gasteiger partial charge >= 0.3 is 0 Å². The molecule has 5 N–H and O–H groups in total. The quantitative estimate of drug-likeness (QED) is 0.118. The van der Waals surface area contributed by atoms with Crippen LogP contribution in [0.4, 0.5) is 0 Å². The average molecular weight is 679 g/mol. The molecule has 0 aromatic rings. The van der Waals surface area contributed by atoms with Crippen LogP contribution in [0.25, 0.3) is 0 Å². The van der Waals surface area contributed by atoms with Gasteiger partial charge in [0, 0.05) is 25.9 Å². The Balaban J connectivity index is 2.80. The number of likely N-dealkylation sites (tertiary alicyclic amines) is 1. The fourth-order valence-corrected chi connectivity index (χ4v) is 5.45. The minimum atomic E-state index is -0.971. The highest BCUT2D eigenvalue weighted by molar-refractivity contribution is 5.94. The number of hydrogen-bond acceptors (Lipinski definition) is 8. The highest BCUT2D eigenvalue weighted by Gasteiger charge is 2.35. The summed E-state index contributed by atoms with van der Waals surface area (Å²) in [5.74, 6) is -3.89. The Hall–Kier alpha value is -3.84. The number of nitrogens with one attached hydrogen (secondary N) is 5. The molecule has 0 radical (unpaired) electrons. The maximum atomic E-state index is 13.3. The molecular weight excluding hydrogens is 620 g/mol. The summed E-state index contributed by atoms with van der Waals surface area (Å²) in [4.78, 5) is 102. The molecule has 272 valence electrons. The van der Waals surface area contributed by atoms with Crippen molar-refractivity contribution in [2.75, 3.05) is 26.2 Å². The summed E-state index contributed by atoms with van der Waals surface area (Å²) in [5.41, 5.74) is 0. The number of hydrogen-bond donors (Lipinski definition) is 5. The summed E-state index contributed by atoms with van der Waals surface area (Å²) < 4.78 is 0. The molecule has 0 bridgehead atoms. The molecule has 1 rings (SSSR count). The standard InChI is InChI=1S/C34H58N6O8/c1-9-22(6)30(34(48)35-17-24(8)42)39-32(46)26(16-20(2)3)38-28(43)19-37-31(45)25(21(4)5)18-36-33(47)27-13-11-15-40(27)29(44)14-10-12-23(7)41/h20-22,25-27,30H,9-19H2,1-8H3,(H,35,48)(H,36,47)(H,37,45)(H,38,43)(H,39,46). The van der Waals surface area contributed by atoms with Gasteiger partial charge in [0.15, 0.2) is 0 Å². The van der Waals surface area contributed by atoms with E-state index in [1.165, 1.54) is 18.7 Å². The van der Waals surface area contributed by atoms with E-state index in [0.29, 0.717) is 38.6 Å². The van der Waals surface area contributed by atoms with Crippen LogP contribution in [-0.2, 0) is 38.4 Å². The van der Waals surface area contributed by atoms with Gasteiger partial charge in [-0.25, -0.2) is 0 Å². The average Bonchev–Trinajstić information content (AvgIpc) is 3.50. The molecule has 1 heterocycles. The van der Waals surface area contributed by atoms with Crippen LogP contribution in [0.3, 0.4) is 0 Å². The highest BCUT2D eigenvalue weighted by Crippen LogP contribution is 2.20. The third-order valence-electron chi connectivity index (χ3n) is 8.52. The van der Waals surface area contributed by atoms with Gasteiger partial charge in [0.1, 0.15) is 29.7 Å². The number of carbonyl (C=O) groups excluding carboxylic acids is 8. The van der Waals surface area contributed by atoms with E-state index in [1.54, 1.807) is 6.92 Å². The molecule has 6 amide bonds. The van der Waals surface area contributed by atoms with Crippen LogP contribution in [0.15, 0.2) is 0 Å². The van der Waals surface area contributed by atoms with Crippen molar-refractivity contribution in [1.82, 2.24) is 31.5 Å². The van der Waals surface area contributed by atoms with Crippen LogP contribution in [0.2, 0.25) is 0 Å². The SMILES string of the molecule is CCC(C)C(NC(=O)C(CC(C)C)NC(=O)CNC(=O)C(CNC(=O)C1CCCN1C(=O)CCCC(C)=O)C(C)C)C(=O)NCC(C)=O. The van der Waals surface area contributed by atoms with Crippen LogP contribution in [-0.4, -0.2) is 96.2 Å². The molecule has 0 aromatic carbocycles. The molecule has 1 aliphatic heterocycles. The van der Waals surface area contributed by atoms with Gasteiger partial charge in [-0.05, 0) is 57.3 Å². The monoisotopic (exact) mass is 678 g/mol. The van der Waals surface area contributed by atoms with Crippen LogP contribution in [0.5, 0.6) is 0 Å². The normalized spacial score (nSPS) is 16.8. The van der Waals surface area contributed by atoms with Crippen LogP contribution < -0.4 is 26.6 Å². The van der Waals surface area contributed by atoms with Gasteiger partial charge in [0.2, 0.25) is 35.4 Å². The second-order valence-electron chi connectivity index (χ2n) is 13.7. The van der Waals surface area contributed by atoms with Gasteiger partial charge in [-0.3, -0.25) is 33.6 Å². The van der Waals surface area contributed by atoms with Crippen LogP contribution in [0, 0.1) is 23.7 Å². The van der Waals surface area contributed by atoms with E-state index in [-0.39, 0.29) is 67.1 Å². The van der Waals surface area contributed by atoms with Gasteiger partial charge in [-0.15, -0.1) is 0 Å². The maximum absolute atomic E-state index is 13.3. The van der Waals surface area contributed by atoms with Gasteiger partial charge in [0.05, 0.1) is 19.0 Å². The lowest BCUT2D eigenvalue weighted by Crippen LogP contribution is -2.57.